The van der Waals surface area contributed by atoms with Gasteiger partial charge in [0.15, 0.2) is 0 Å². The van der Waals surface area contributed by atoms with Gasteiger partial charge in [-0.05, 0) is 30.2 Å². The second kappa shape index (κ2) is 7.58. The second-order valence-electron chi connectivity index (χ2n) is 5.44. The van der Waals surface area contributed by atoms with Crippen molar-refractivity contribution in [2.45, 2.75) is 26.3 Å². The van der Waals surface area contributed by atoms with Gasteiger partial charge in [0.1, 0.15) is 6.04 Å². The number of hydrogen-bond donors (Lipinski definition) is 1. The summed E-state index contributed by atoms with van der Waals surface area (Å²) in [6, 6.07) is 13.3. The van der Waals surface area contributed by atoms with Gasteiger partial charge >= 0.3 is 5.97 Å². The Labute approximate surface area is 136 Å². The first kappa shape index (κ1) is 16.7. The van der Waals surface area contributed by atoms with Gasteiger partial charge in [0.25, 0.3) is 0 Å². The van der Waals surface area contributed by atoms with Crippen molar-refractivity contribution in [1.29, 1.82) is 0 Å². The molecule has 2 aromatic rings. The molecule has 0 saturated heterocycles. The first-order valence-electron chi connectivity index (χ1n) is 7.62. The number of carbonyl (C=O) groups is 2. The van der Waals surface area contributed by atoms with Crippen LogP contribution in [0.25, 0.3) is 10.8 Å². The van der Waals surface area contributed by atoms with Crippen LogP contribution in [0.4, 0.5) is 0 Å². The Bertz CT molecular complexity index is 736. The summed E-state index contributed by atoms with van der Waals surface area (Å²) < 4.78 is 5.06. The Morgan fingerprint density at radius 2 is 1.87 bits per heavy atom. The lowest BCUT2D eigenvalue weighted by molar-refractivity contribution is -0.147. The summed E-state index contributed by atoms with van der Waals surface area (Å²) in [4.78, 5) is 23.9. The molecule has 0 aromatic heterocycles. The Morgan fingerprint density at radius 3 is 2.52 bits per heavy atom. The summed E-state index contributed by atoms with van der Waals surface area (Å²) >= 11 is 0. The molecule has 1 amide bonds. The summed E-state index contributed by atoms with van der Waals surface area (Å²) in [5, 5.41) is 4.91. The monoisotopic (exact) mass is 311 g/mol. The molecule has 0 radical (unpaired) electrons. The number of nitrogens with one attached hydrogen (secondary N) is 1. The van der Waals surface area contributed by atoms with E-state index in [-0.39, 0.29) is 12.5 Å². The van der Waals surface area contributed by atoms with Crippen molar-refractivity contribution >= 4 is 22.6 Å². The molecule has 0 fully saturated rings. The van der Waals surface area contributed by atoms with Crippen LogP contribution >= 0.6 is 0 Å². The summed E-state index contributed by atoms with van der Waals surface area (Å²) in [5.74, 6) is -0.779. The van der Waals surface area contributed by atoms with Crippen LogP contribution in [0.1, 0.15) is 19.4 Å². The van der Waals surface area contributed by atoms with Gasteiger partial charge in [-0.2, -0.15) is 0 Å². The Morgan fingerprint density at radius 1 is 1.17 bits per heavy atom. The largest absolute Gasteiger partial charge is 0.464 e. The van der Waals surface area contributed by atoms with Crippen molar-refractivity contribution in [2.24, 2.45) is 0 Å². The molecule has 0 aliphatic carbocycles. The first-order chi connectivity index (χ1) is 11.0. The molecular weight excluding hydrogens is 290 g/mol. The van der Waals surface area contributed by atoms with Crippen molar-refractivity contribution < 1.29 is 14.3 Å². The van der Waals surface area contributed by atoms with Gasteiger partial charge in [-0.25, -0.2) is 4.79 Å². The molecular formula is C19H21NO3. The number of benzene rings is 2. The fourth-order valence-corrected chi connectivity index (χ4v) is 2.32. The normalized spacial score (nSPS) is 11.7. The van der Waals surface area contributed by atoms with Crippen molar-refractivity contribution in [1.82, 2.24) is 5.32 Å². The first-order valence-corrected chi connectivity index (χ1v) is 7.62. The minimum atomic E-state index is -0.722. The van der Waals surface area contributed by atoms with Gasteiger partial charge in [0.2, 0.25) is 5.91 Å². The molecule has 1 unspecified atom stereocenters. The zero-order valence-corrected chi connectivity index (χ0v) is 13.5. The van der Waals surface area contributed by atoms with Gasteiger partial charge in [0.05, 0.1) is 6.61 Å². The molecule has 1 atom stereocenters. The minimum Gasteiger partial charge on any atom is -0.464 e. The van der Waals surface area contributed by atoms with Gasteiger partial charge < -0.3 is 10.1 Å². The zero-order chi connectivity index (χ0) is 16.8. The van der Waals surface area contributed by atoms with Crippen LogP contribution in [0.15, 0.2) is 54.6 Å². The molecule has 0 saturated carbocycles. The average Bonchev–Trinajstić information content (AvgIpc) is 2.54. The number of carbonyl (C=O) groups excluding carboxylic acids is 2. The van der Waals surface area contributed by atoms with Crippen LogP contribution in [0.5, 0.6) is 0 Å². The summed E-state index contributed by atoms with van der Waals surface area (Å²) in [6.45, 7) is 7.22. The van der Waals surface area contributed by atoms with E-state index in [1.807, 2.05) is 42.5 Å². The molecule has 0 aliphatic rings. The Balaban J connectivity index is 2.21. The van der Waals surface area contributed by atoms with Crippen molar-refractivity contribution in [3.8, 4) is 0 Å². The SMILES string of the molecule is C=C(C)C(=O)NC(Cc1ccc2ccccc2c1)C(=O)OCC. The molecule has 4 heteroatoms. The lowest BCUT2D eigenvalue weighted by atomic mass is 10.0. The van der Waals surface area contributed by atoms with E-state index in [1.165, 1.54) is 0 Å². The topological polar surface area (TPSA) is 55.4 Å². The van der Waals surface area contributed by atoms with E-state index in [0.717, 1.165) is 16.3 Å². The van der Waals surface area contributed by atoms with Crippen molar-refractivity contribution in [2.75, 3.05) is 6.61 Å². The van der Waals surface area contributed by atoms with Crippen molar-refractivity contribution in [3.63, 3.8) is 0 Å². The quantitative estimate of drug-likeness (QED) is 0.659. The maximum atomic E-state index is 12.1. The summed E-state index contributed by atoms with van der Waals surface area (Å²) in [7, 11) is 0. The van der Waals surface area contributed by atoms with E-state index in [1.54, 1.807) is 13.8 Å². The summed E-state index contributed by atoms with van der Waals surface area (Å²) in [5.41, 5.74) is 1.32. The third-order valence-electron chi connectivity index (χ3n) is 3.52. The van der Waals surface area contributed by atoms with Gasteiger partial charge in [0, 0.05) is 12.0 Å². The minimum absolute atomic E-state index is 0.274. The van der Waals surface area contributed by atoms with Gasteiger partial charge in [-0.1, -0.05) is 49.0 Å². The summed E-state index contributed by atoms with van der Waals surface area (Å²) in [6.07, 6.45) is 0.378. The third-order valence-corrected chi connectivity index (χ3v) is 3.52. The highest BCUT2D eigenvalue weighted by molar-refractivity contribution is 5.95. The fraction of sp³-hybridized carbons (Fsp3) is 0.263. The van der Waals surface area contributed by atoms with Gasteiger partial charge in [-0.15, -0.1) is 0 Å². The second-order valence-corrected chi connectivity index (χ2v) is 5.44. The number of esters is 1. The Hall–Kier alpha value is -2.62. The van der Waals surface area contributed by atoms with E-state index in [2.05, 4.69) is 11.9 Å². The van der Waals surface area contributed by atoms with Crippen LogP contribution in [-0.4, -0.2) is 24.5 Å². The van der Waals surface area contributed by atoms with Crippen LogP contribution in [0.2, 0.25) is 0 Å². The molecule has 2 aromatic carbocycles. The number of ether oxygens (including phenoxy) is 1. The molecule has 2 rings (SSSR count). The fourth-order valence-electron chi connectivity index (χ4n) is 2.32. The highest BCUT2D eigenvalue weighted by atomic mass is 16.5. The van der Waals surface area contributed by atoms with Gasteiger partial charge in [-0.3, -0.25) is 4.79 Å². The molecule has 23 heavy (non-hydrogen) atoms. The number of fused-ring (bicyclic) bond motifs is 1. The smallest absolute Gasteiger partial charge is 0.328 e. The van der Waals surface area contributed by atoms with E-state index in [0.29, 0.717) is 12.0 Å². The Kier molecular flexibility index (Phi) is 5.52. The molecule has 0 spiro atoms. The standard InChI is InChI=1S/C19H21NO3/c1-4-23-19(22)17(20-18(21)13(2)3)12-14-9-10-15-7-5-6-8-16(15)11-14/h5-11,17H,2,4,12H2,1,3H3,(H,20,21). The van der Waals surface area contributed by atoms with E-state index < -0.39 is 12.0 Å². The number of rotatable bonds is 6. The van der Waals surface area contributed by atoms with Crippen LogP contribution < -0.4 is 5.32 Å². The van der Waals surface area contributed by atoms with E-state index >= 15 is 0 Å². The molecule has 4 nitrogen and oxygen atoms in total. The average molecular weight is 311 g/mol. The lowest BCUT2D eigenvalue weighted by Crippen LogP contribution is -2.43. The lowest BCUT2D eigenvalue weighted by Gasteiger charge is -2.17. The molecule has 0 bridgehead atoms. The van der Waals surface area contributed by atoms with Crippen LogP contribution in [0, 0.1) is 0 Å². The predicted octanol–water partition coefficient (Wildman–Crippen LogP) is 3.01. The number of hydrogen-bond acceptors (Lipinski definition) is 3. The van der Waals surface area contributed by atoms with Crippen molar-refractivity contribution in [3.05, 3.63) is 60.2 Å². The third kappa shape index (κ3) is 4.42. The zero-order valence-electron chi connectivity index (χ0n) is 13.5. The molecule has 120 valence electrons. The highest BCUT2D eigenvalue weighted by Gasteiger charge is 2.22. The maximum Gasteiger partial charge on any atom is 0.328 e. The van der Waals surface area contributed by atoms with Crippen LogP contribution in [-0.2, 0) is 20.7 Å². The van der Waals surface area contributed by atoms with Crippen LogP contribution in [0.3, 0.4) is 0 Å². The molecule has 1 N–H and O–H groups in total. The maximum absolute atomic E-state index is 12.1. The highest BCUT2D eigenvalue weighted by Crippen LogP contribution is 2.17. The molecule has 0 aliphatic heterocycles. The predicted molar refractivity (Wildman–Crippen MR) is 91.0 cm³/mol. The number of amides is 1. The molecule has 0 heterocycles. The van der Waals surface area contributed by atoms with E-state index in [4.69, 9.17) is 4.74 Å². The van der Waals surface area contributed by atoms with E-state index in [9.17, 15) is 9.59 Å².